The summed E-state index contributed by atoms with van der Waals surface area (Å²) >= 11 is 1.53. The summed E-state index contributed by atoms with van der Waals surface area (Å²) in [6, 6.07) is 6.89. The first-order valence-electron chi connectivity index (χ1n) is 4.41. The van der Waals surface area contributed by atoms with Crippen molar-refractivity contribution in [2.45, 2.75) is 18.2 Å². The predicted octanol–water partition coefficient (Wildman–Crippen LogP) is 1.97. The maximum atomic E-state index is 10.9. The van der Waals surface area contributed by atoms with Gasteiger partial charge in [-0.25, -0.2) is 0 Å². The molecule has 2 N–H and O–H groups in total. The third-order valence-corrected chi connectivity index (χ3v) is 2.56. The van der Waals surface area contributed by atoms with Crippen LogP contribution in [0.15, 0.2) is 29.2 Å². The lowest BCUT2D eigenvalue weighted by Gasteiger charge is -2.03. The van der Waals surface area contributed by atoms with Gasteiger partial charge >= 0.3 is 0 Å². The molecule has 0 unspecified atom stereocenters. The van der Waals surface area contributed by atoms with Crippen molar-refractivity contribution >= 4 is 17.7 Å². The van der Waals surface area contributed by atoms with Gasteiger partial charge in [0, 0.05) is 11.3 Å². The molecule has 3 nitrogen and oxygen atoms in total. The fraction of sp³-hybridized carbons (Fsp3) is 0.300. The molecule has 0 fully saturated rings. The van der Waals surface area contributed by atoms with Gasteiger partial charge in [0.1, 0.15) is 5.75 Å². The van der Waals surface area contributed by atoms with E-state index in [1.165, 1.54) is 11.8 Å². The first kappa shape index (κ1) is 10.9. The Kier molecular flexibility index (Phi) is 4.32. The number of aromatic hydroxyl groups is 1. The molecule has 0 spiro atoms. The molecule has 0 aliphatic carbocycles. The highest BCUT2D eigenvalue weighted by atomic mass is 32.2. The summed E-state index contributed by atoms with van der Waals surface area (Å²) in [5.74, 6) is 0.875. The quantitative estimate of drug-likeness (QED) is 0.591. The van der Waals surface area contributed by atoms with Crippen molar-refractivity contribution in [3.8, 4) is 5.75 Å². The standard InChI is InChI=1S/C10H13NO2S/c1-2-10(13)11-7-14-9-5-3-8(12)4-6-9/h3-6,12H,2,7H2,1H3,(H,11,13). The zero-order valence-electron chi connectivity index (χ0n) is 7.99. The molecule has 14 heavy (non-hydrogen) atoms. The van der Waals surface area contributed by atoms with Crippen LogP contribution in [-0.2, 0) is 4.79 Å². The molecule has 1 aromatic carbocycles. The number of carbonyl (C=O) groups is 1. The van der Waals surface area contributed by atoms with Crippen LogP contribution >= 0.6 is 11.8 Å². The molecule has 4 heteroatoms. The lowest BCUT2D eigenvalue weighted by Crippen LogP contribution is -2.21. The number of phenolic OH excluding ortho intramolecular Hbond substituents is 1. The summed E-state index contributed by atoms with van der Waals surface area (Å²) in [4.78, 5) is 11.9. The minimum absolute atomic E-state index is 0.0521. The molecule has 0 atom stereocenters. The Labute approximate surface area is 87.5 Å². The highest BCUT2D eigenvalue weighted by Gasteiger charge is 1.97. The van der Waals surface area contributed by atoms with Crippen molar-refractivity contribution in [2.24, 2.45) is 0 Å². The van der Waals surface area contributed by atoms with Crippen molar-refractivity contribution in [2.75, 3.05) is 5.88 Å². The number of hydrogen-bond donors (Lipinski definition) is 2. The monoisotopic (exact) mass is 211 g/mol. The summed E-state index contributed by atoms with van der Waals surface area (Å²) < 4.78 is 0. The van der Waals surface area contributed by atoms with Gasteiger partial charge in [-0.2, -0.15) is 0 Å². The Morgan fingerprint density at radius 1 is 1.43 bits per heavy atom. The molecule has 0 saturated heterocycles. The fourth-order valence-corrected chi connectivity index (χ4v) is 1.60. The largest absolute Gasteiger partial charge is 0.508 e. The third-order valence-electron chi connectivity index (χ3n) is 1.67. The number of phenols is 1. The van der Waals surface area contributed by atoms with Crippen molar-refractivity contribution < 1.29 is 9.90 Å². The third kappa shape index (κ3) is 3.70. The molecular weight excluding hydrogens is 198 g/mol. The van der Waals surface area contributed by atoms with Gasteiger partial charge in [0.2, 0.25) is 5.91 Å². The Morgan fingerprint density at radius 2 is 2.07 bits per heavy atom. The van der Waals surface area contributed by atoms with Gasteiger partial charge in [-0.05, 0) is 24.3 Å². The molecule has 0 aromatic heterocycles. The maximum Gasteiger partial charge on any atom is 0.220 e. The van der Waals surface area contributed by atoms with Crippen molar-refractivity contribution in [1.82, 2.24) is 5.32 Å². The highest BCUT2D eigenvalue weighted by Crippen LogP contribution is 2.19. The Morgan fingerprint density at radius 3 is 2.64 bits per heavy atom. The second-order valence-corrected chi connectivity index (χ2v) is 3.78. The number of nitrogens with one attached hydrogen (secondary N) is 1. The number of thioether (sulfide) groups is 1. The Bertz CT molecular complexity index is 297. The molecule has 1 amide bonds. The molecule has 1 rings (SSSR count). The van der Waals surface area contributed by atoms with E-state index in [1.807, 2.05) is 19.1 Å². The van der Waals surface area contributed by atoms with Crippen LogP contribution in [0.3, 0.4) is 0 Å². The van der Waals surface area contributed by atoms with Crippen LogP contribution in [0.25, 0.3) is 0 Å². The van der Waals surface area contributed by atoms with E-state index in [0.717, 1.165) is 4.90 Å². The van der Waals surface area contributed by atoms with Crippen molar-refractivity contribution in [3.05, 3.63) is 24.3 Å². The van der Waals surface area contributed by atoms with Crippen LogP contribution in [0, 0.1) is 0 Å². The zero-order chi connectivity index (χ0) is 10.4. The lowest BCUT2D eigenvalue weighted by molar-refractivity contribution is -0.120. The molecule has 76 valence electrons. The number of benzene rings is 1. The zero-order valence-corrected chi connectivity index (χ0v) is 8.80. The van der Waals surface area contributed by atoms with E-state index in [0.29, 0.717) is 12.3 Å². The van der Waals surface area contributed by atoms with Gasteiger partial charge in [0.25, 0.3) is 0 Å². The molecule has 0 heterocycles. The second-order valence-electron chi connectivity index (χ2n) is 2.74. The van der Waals surface area contributed by atoms with Crippen LogP contribution in [0.4, 0.5) is 0 Å². The highest BCUT2D eigenvalue weighted by molar-refractivity contribution is 7.99. The molecule has 0 aliphatic heterocycles. The van der Waals surface area contributed by atoms with Crippen LogP contribution in [0.1, 0.15) is 13.3 Å². The SMILES string of the molecule is CCC(=O)NCSc1ccc(O)cc1. The van der Waals surface area contributed by atoms with Crippen LogP contribution in [0.5, 0.6) is 5.75 Å². The fourth-order valence-electron chi connectivity index (χ4n) is 0.867. The van der Waals surface area contributed by atoms with Crippen molar-refractivity contribution in [3.63, 3.8) is 0 Å². The first-order valence-corrected chi connectivity index (χ1v) is 5.39. The molecule has 0 bridgehead atoms. The molecule has 1 aromatic rings. The van der Waals surface area contributed by atoms with Gasteiger partial charge in [-0.1, -0.05) is 6.92 Å². The minimum Gasteiger partial charge on any atom is -0.508 e. The van der Waals surface area contributed by atoms with E-state index >= 15 is 0 Å². The summed E-state index contributed by atoms with van der Waals surface area (Å²) in [6.07, 6.45) is 0.510. The maximum absolute atomic E-state index is 10.9. The average molecular weight is 211 g/mol. The normalized spacial score (nSPS) is 9.79. The van der Waals surface area contributed by atoms with Gasteiger partial charge in [-0.3, -0.25) is 4.79 Å². The predicted molar refractivity (Wildman–Crippen MR) is 57.3 cm³/mol. The minimum atomic E-state index is 0.0521. The molecule has 0 aliphatic rings. The molecular formula is C10H13NO2S. The van der Waals surface area contributed by atoms with Gasteiger partial charge in [0.05, 0.1) is 5.88 Å². The van der Waals surface area contributed by atoms with E-state index < -0.39 is 0 Å². The first-order chi connectivity index (χ1) is 6.72. The Balaban J connectivity index is 2.31. The summed E-state index contributed by atoms with van der Waals surface area (Å²) in [6.45, 7) is 1.82. The van der Waals surface area contributed by atoms with E-state index in [9.17, 15) is 4.79 Å². The van der Waals surface area contributed by atoms with Crippen molar-refractivity contribution in [1.29, 1.82) is 0 Å². The topological polar surface area (TPSA) is 49.3 Å². The van der Waals surface area contributed by atoms with Gasteiger partial charge in [-0.15, -0.1) is 11.8 Å². The van der Waals surface area contributed by atoms with Crippen LogP contribution in [0.2, 0.25) is 0 Å². The van der Waals surface area contributed by atoms with E-state index in [1.54, 1.807) is 12.1 Å². The van der Waals surface area contributed by atoms with Gasteiger partial charge in [0.15, 0.2) is 0 Å². The van der Waals surface area contributed by atoms with Gasteiger partial charge < -0.3 is 10.4 Å². The van der Waals surface area contributed by atoms with Crippen LogP contribution in [-0.4, -0.2) is 16.9 Å². The van der Waals surface area contributed by atoms with E-state index in [2.05, 4.69) is 5.32 Å². The number of hydrogen-bond acceptors (Lipinski definition) is 3. The molecule has 0 saturated carbocycles. The summed E-state index contributed by atoms with van der Waals surface area (Å²) in [7, 11) is 0. The Hall–Kier alpha value is -1.16. The number of carbonyl (C=O) groups excluding carboxylic acids is 1. The second kappa shape index (κ2) is 5.54. The summed E-state index contributed by atoms with van der Waals surface area (Å²) in [5, 5.41) is 11.8. The lowest BCUT2D eigenvalue weighted by atomic mass is 10.3. The number of amides is 1. The molecule has 0 radical (unpaired) electrons. The smallest absolute Gasteiger partial charge is 0.220 e. The van der Waals surface area contributed by atoms with Crippen LogP contribution < -0.4 is 5.32 Å². The van der Waals surface area contributed by atoms with E-state index in [-0.39, 0.29) is 11.7 Å². The number of rotatable bonds is 4. The average Bonchev–Trinajstić information content (AvgIpc) is 2.21. The van der Waals surface area contributed by atoms with E-state index in [4.69, 9.17) is 5.11 Å². The summed E-state index contributed by atoms with van der Waals surface area (Å²) in [5.41, 5.74) is 0.